The first-order valence-corrected chi connectivity index (χ1v) is 11.9. The van der Waals surface area contributed by atoms with Gasteiger partial charge in [-0.05, 0) is 37.3 Å². The van der Waals surface area contributed by atoms with Crippen molar-refractivity contribution in [1.82, 2.24) is 9.62 Å². The molecule has 0 aliphatic rings. The number of hydrogen-bond donors (Lipinski definition) is 3. The molecule has 0 radical (unpaired) electrons. The lowest BCUT2D eigenvalue weighted by molar-refractivity contribution is -0.125. The number of aliphatic hydroxyl groups is 1. The summed E-state index contributed by atoms with van der Waals surface area (Å²) in [6.45, 7) is 1.10. The molecule has 34 heavy (non-hydrogen) atoms. The number of esters is 1. The topological polar surface area (TPSA) is 138 Å². The molecule has 3 N–H and O–H groups in total. The zero-order valence-corrected chi connectivity index (χ0v) is 19.9. The molecule has 0 saturated heterocycles. The number of benzene rings is 2. The van der Waals surface area contributed by atoms with E-state index in [0.717, 1.165) is 9.69 Å². The summed E-state index contributed by atoms with van der Waals surface area (Å²) >= 11 is 0. The lowest BCUT2D eigenvalue weighted by Gasteiger charge is -2.16. The Morgan fingerprint density at radius 3 is 2.56 bits per heavy atom. The fourth-order valence-electron chi connectivity index (χ4n) is 3.19. The second-order valence-electron chi connectivity index (χ2n) is 7.70. The maximum Gasteiger partial charge on any atom is 0.340 e. The third-order valence-electron chi connectivity index (χ3n) is 5.00. The van der Waals surface area contributed by atoms with Crippen molar-refractivity contribution >= 4 is 38.6 Å². The van der Waals surface area contributed by atoms with E-state index in [1.807, 2.05) is 30.3 Å². The van der Waals surface area contributed by atoms with Crippen molar-refractivity contribution in [1.29, 1.82) is 0 Å². The smallest absolute Gasteiger partial charge is 0.340 e. The number of rotatable bonds is 10. The van der Waals surface area contributed by atoms with Crippen molar-refractivity contribution in [3.63, 3.8) is 0 Å². The number of hydrogen-bond acceptors (Lipinski definition) is 8. The van der Waals surface area contributed by atoms with Crippen LogP contribution in [-0.2, 0) is 19.6 Å². The number of anilines is 1. The first-order chi connectivity index (χ1) is 16.1. The van der Waals surface area contributed by atoms with Crippen LogP contribution in [0.1, 0.15) is 29.1 Å². The molecule has 1 amide bonds. The van der Waals surface area contributed by atoms with Gasteiger partial charge < -0.3 is 24.9 Å². The van der Waals surface area contributed by atoms with E-state index < -0.39 is 34.5 Å². The average Bonchev–Trinajstić information content (AvgIpc) is 3.25. The number of ether oxygens (including phenoxy) is 1. The highest BCUT2D eigenvalue weighted by Crippen LogP contribution is 2.24. The number of carbonyl (C=O) groups is 2. The number of para-hydroxylation sites is 1. The standard InChI is InChI=1S/C23H27N3O7S/c1-15(21-12-16-6-4-5-7-20(16)33-21)25-22(28)14-32-23(29)18-13-17(34(30,31)26(2)3)8-9-19(18)24-10-11-27/h4-9,12-13,15,24,27H,10-11,14H2,1-3H3,(H,25,28)/t15-/m0/s1. The molecule has 0 unspecified atom stereocenters. The van der Waals surface area contributed by atoms with Crippen molar-refractivity contribution in [3.8, 4) is 0 Å². The minimum absolute atomic E-state index is 0.0745. The van der Waals surface area contributed by atoms with Gasteiger partial charge in [-0.25, -0.2) is 17.5 Å². The molecular formula is C23H27N3O7S. The summed E-state index contributed by atoms with van der Waals surface area (Å²) in [4.78, 5) is 25.0. The average molecular weight is 490 g/mol. The van der Waals surface area contributed by atoms with E-state index >= 15 is 0 Å². The van der Waals surface area contributed by atoms with Crippen LogP contribution in [0.2, 0.25) is 0 Å². The van der Waals surface area contributed by atoms with Crippen molar-refractivity contribution in [2.24, 2.45) is 0 Å². The van der Waals surface area contributed by atoms with E-state index in [2.05, 4.69) is 10.6 Å². The first kappa shape index (κ1) is 25.2. The Hall–Kier alpha value is -3.41. The van der Waals surface area contributed by atoms with Crippen LogP contribution in [0, 0.1) is 0 Å². The van der Waals surface area contributed by atoms with Gasteiger partial charge in [0, 0.05) is 31.7 Å². The third-order valence-corrected chi connectivity index (χ3v) is 6.81. The zero-order valence-electron chi connectivity index (χ0n) is 19.1. The fraction of sp³-hybridized carbons (Fsp3) is 0.304. The van der Waals surface area contributed by atoms with Gasteiger partial charge in [0.05, 0.1) is 23.1 Å². The Balaban J connectivity index is 1.70. The molecule has 0 bridgehead atoms. The van der Waals surface area contributed by atoms with Gasteiger partial charge in [-0.3, -0.25) is 4.79 Å². The summed E-state index contributed by atoms with van der Waals surface area (Å²) < 4.78 is 36.8. The number of amides is 1. The molecule has 0 saturated carbocycles. The van der Waals surface area contributed by atoms with E-state index in [9.17, 15) is 18.0 Å². The van der Waals surface area contributed by atoms with Crippen LogP contribution < -0.4 is 10.6 Å². The fourth-order valence-corrected chi connectivity index (χ4v) is 4.12. The van der Waals surface area contributed by atoms with Crippen molar-refractivity contribution in [2.75, 3.05) is 39.2 Å². The van der Waals surface area contributed by atoms with Gasteiger partial charge in [0.2, 0.25) is 10.0 Å². The van der Waals surface area contributed by atoms with Crippen LogP contribution in [0.15, 0.2) is 57.8 Å². The zero-order chi connectivity index (χ0) is 24.9. The molecule has 182 valence electrons. The Morgan fingerprint density at radius 1 is 1.15 bits per heavy atom. The predicted molar refractivity (Wildman–Crippen MR) is 126 cm³/mol. The molecule has 0 aliphatic heterocycles. The van der Waals surface area contributed by atoms with Gasteiger partial charge in [-0.15, -0.1) is 0 Å². The number of fused-ring (bicyclic) bond motifs is 1. The number of nitrogens with zero attached hydrogens (tertiary/aromatic N) is 1. The van der Waals surface area contributed by atoms with E-state index in [-0.39, 0.29) is 29.3 Å². The lowest BCUT2D eigenvalue weighted by Crippen LogP contribution is -2.31. The summed E-state index contributed by atoms with van der Waals surface area (Å²) in [6.07, 6.45) is 0. The number of carbonyl (C=O) groups excluding carboxylic acids is 2. The quantitative estimate of drug-likeness (QED) is 0.368. The molecule has 11 heteroatoms. The second-order valence-corrected chi connectivity index (χ2v) is 9.85. The van der Waals surface area contributed by atoms with Crippen molar-refractivity contribution in [3.05, 3.63) is 59.9 Å². The summed E-state index contributed by atoms with van der Waals surface area (Å²) in [5.74, 6) is -0.885. The van der Waals surface area contributed by atoms with E-state index in [1.54, 1.807) is 6.92 Å². The molecule has 1 atom stereocenters. The SMILES string of the molecule is C[C@H](NC(=O)COC(=O)c1cc(S(=O)(=O)N(C)C)ccc1NCCO)c1cc2ccccc2o1. The molecule has 2 aromatic carbocycles. The largest absolute Gasteiger partial charge is 0.459 e. The highest BCUT2D eigenvalue weighted by Gasteiger charge is 2.23. The van der Waals surface area contributed by atoms with Crippen LogP contribution >= 0.6 is 0 Å². The number of sulfonamides is 1. The molecule has 0 spiro atoms. The van der Waals surface area contributed by atoms with Gasteiger partial charge in [-0.2, -0.15) is 0 Å². The molecule has 10 nitrogen and oxygen atoms in total. The molecule has 0 fully saturated rings. The van der Waals surface area contributed by atoms with E-state index in [1.165, 1.54) is 32.3 Å². The van der Waals surface area contributed by atoms with Crippen LogP contribution in [0.4, 0.5) is 5.69 Å². The van der Waals surface area contributed by atoms with Crippen LogP contribution in [0.3, 0.4) is 0 Å². The van der Waals surface area contributed by atoms with Gasteiger partial charge in [0.1, 0.15) is 11.3 Å². The van der Waals surface area contributed by atoms with E-state index in [0.29, 0.717) is 11.3 Å². The Morgan fingerprint density at radius 2 is 1.88 bits per heavy atom. The highest BCUT2D eigenvalue weighted by molar-refractivity contribution is 7.89. The molecule has 1 heterocycles. The van der Waals surface area contributed by atoms with Crippen LogP contribution in [-0.4, -0.2) is 63.6 Å². The van der Waals surface area contributed by atoms with Crippen LogP contribution in [0.25, 0.3) is 11.0 Å². The Kier molecular flexibility index (Phi) is 7.92. The minimum Gasteiger partial charge on any atom is -0.459 e. The summed E-state index contributed by atoms with van der Waals surface area (Å²) in [5.41, 5.74) is 0.891. The van der Waals surface area contributed by atoms with Gasteiger partial charge >= 0.3 is 5.97 Å². The molecule has 3 aromatic rings. The van der Waals surface area contributed by atoms with Crippen molar-refractivity contribution in [2.45, 2.75) is 17.9 Å². The van der Waals surface area contributed by atoms with Crippen molar-refractivity contribution < 1.29 is 32.3 Å². The number of nitrogens with one attached hydrogen (secondary N) is 2. The first-order valence-electron chi connectivity index (χ1n) is 10.5. The number of aliphatic hydroxyl groups excluding tert-OH is 1. The van der Waals surface area contributed by atoms with Gasteiger partial charge in [0.25, 0.3) is 5.91 Å². The monoisotopic (exact) mass is 489 g/mol. The van der Waals surface area contributed by atoms with E-state index in [4.69, 9.17) is 14.3 Å². The number of furan rings is 1. The molecular weight excluding hydrogens is 462 g/mol. The summed E-state index contributed by atoms with van der Waals surface area (Å²) in [5, 5.41) is 15.5. The maximum atomic E-state index is 12.7. The molecule has 0 aliphatic carbocycles. The molecule has 3 rings (SSSR count). The lowest BCUT2D eigenvalue weighted by atomic mass is 10.2. The van der Waals surface area contributed by atoms with Crippen LogP contribution in [0.5, 0.6) is 0 Å². The summed E-state index contributed by atoms with van der Waals surface area (Å²) in [7, 11) is -1.05. The second kappa shape index (κ2) is 10.7. The van der Waals surface area contributed by atoms with Gasteiger partial charge in [0.15, 0.2) is 6.61 Å². The molecule has 1 aromatic heterocycles. The third kappa shape index (κ3) is 5.74. The Labute approximate surface area is 197 Å². The summed E-state index contributed by atoms with van der Waals surface area (Å²) in [6, 6.07) is 12.7. The normalized spacial score (nSPS) is 12.5. The highest BCUT2D eigenvalue weighted by atomic mass is 32.2. The van der Waals surface area contributed by atoms with Gasteiger partial charge in [-0.1, -0.05) is 18.2 Å². The minimum atomic E-state index is -3.80. The predicted octanol–water partition coefficient (Wildman–Crippen LogP) is 2.12. The maximum absolute atomic E-state index is 12.7. The Bertz CT molecular complexity index is 1250.